The standard InChI is InChI=1S/C19H16BrCl2NO3/c1-11(20)26-18-5-3-4-16-13(18)9-17(19(24)25-2)23(16)10-12-6-7-14(21)15(22)8-12/h3-9,11H,10H2,1-2H3. The lowest BCUT2D eigenvalue weighted by Crippen LogP contribution is -2.11. The fraction of sp³-hybridized carbons (Fsp3) is 0.211. The SMILES string of the molecule is COC(=O)c1cc2c(OC(C)Br)cccc2n1Cc1ccc(Cl)c(Cl)c1. The van der Waals surface area contributed by atoms with Crippen LogP contribution in [0.4, 0.5) is 0 Å². The summed E-state index contributed by atoms with van der Waals surface area (Å²) in [5, 5.41) is 1.63. The number of carbonyl (C=O) groups excluding carboxylic acids is 1. The van der Waals surface area contributed by atoms with E-state index in [1.54, 1.807) is 18.2 Å². The van der Waals surface area contributed by atoms with Gasteiger partial charge in [-0.1, -0.05) is 35.3 Å². The number of benzene rings is 2. The molecule has 1 aromatic heterocycles. The zero-order valence-electron chi connectivity index (χ0n) is 14.1. The second-order valence-electron chi connectivity index (χ2n) is 5.71. The highest BCUT2D eigenvalue weighted by Gasteiger charge is 2.19. The lowest BCUT2D eigenvalue weighted by molar-refractivity contribution is 0.0589. The van der Waals surface area contributed by atoms with Gasteiger partial charge in [0.25, 0.3) is 0 Å². The number of methoxy groups -OCH3 is 1. The molecule has 0 saturated heterocycles. The fourth-order valence-corrected chi connectivity index (χ4v) is 3.32. The maximum Gasteiger partial charge on any atom is 0.354 e. The summed E-state index contributed by atoms with van der Waals surface area (Å²) in [6.07, 6.45) is 0. The first-order valence-corrected chi connectivity index (χ1v) is 9.53. The van der Waals surface area contributed by atoms with Crippen LogP contribution in [0.5, 0.6) is 5.75 Å². The predicted molar refractivity (Wildman–Crippen MR) is 108 cm³/mol. The number of fused-ring (bicyclic) bond motifs is 1. The van der Waals surface area contributed by atoms with Gasteiger partial charge in [0.1, 0.15) is 11.4 Å². The van der Waals surface area contributed by atoms with Gasteiger partial charge in [0.2, 0.25) is 0 Å². The van der Waals surface area contributed by atoms with Gasteiger partial charge in [-0.3, -0.25) is 0 Å². The van der Waals surface area contributed by atoms with Crippen molar-refractivity contribution in [2.45, 2.75) is 18.5 Å². The van der Waals surface area contributed by atoms with Crippen LogP contribution in [0.2, 0.25) is 10.0 Å². The molecule has 0 saturated carbocycles. The van der Waals surface area contributed by atoms with Gasteiger partial charge in [0.05, 0.1) is 22.7 Å². The third-order valence-corrected chi connectivity index (χ3v) is 4.84. The van der Waals surface area contributed by atoms with Crippen LogP contribution in [0.25, 0.3) is 10.9 Å². The Labute approximate surface area is 169 Å². The van der Waals surface area contributed by atoms with E-state index < -0.39 is 5.97 Å². The minimum atomic E-state index is -0.417. The Bertz CT molecular complexity index is 969. The molecule has 1 atom stereocenters. The van der Waals surface area contributed by atoms with Crippen molar-refractivity contribution in [2.24, 2.45) is 0 Å². The van der Waals surface area contributed by atoms with Gasteiger partial charge in [-0.05, 0) is 58.7 Å². The van der Waals surface area contributed by atoms with E-state index in [1.165, 1.54) is 7.11 Å². The summed E-state index contributed by atoms with van der Waals surface area (Å²) >= 11 is 15.5. The van der Waals surface area contributed by atoms with Crippen LogP contribution in [-0.2, 0) is 11.3 Å². The lowest BCUT2D eigenvalue weighted by atomic mass is 10.2. The third kappa shape index (κ3) is 3.85. The Kier molecular flexibility index (Phi) is 5.80. The minimum absolute atomic E-state index is 0.159. The number of aromatic nitrogens is 1. The molecule has 2 aromatic carbocycles. The molecule has 1 unspecified atom stereocenters. The molecule has 136 valence electrons. The van der Waals surface area contributed by atoms with E-state index in [-0.39, 0.29) is 5.01 Å². The molecule has 4 nitrogen and oxygen atoms in total. The summed E-state index contributed by atoms with van der Waals surface area (Å²) < 4.78 is 12.6. The summed E-state index contributed by atoms with van der Waals surface area (Å²) in [6.45, 7) is 2.32. The van der Waals surface area contributed by atoms with Gasteiger partial charge >= 0.3 is 5.97 Å². The van der Waals surface area contributed by atoms with Crippen LogP contribution in [0.3, 0.4) is 0 Å². The highest BCUT2D eigenvalue weighted by Crippen LogP contribution is 2.32. The monoisotopic (exact) mass is 455 g/mol. The van der Waals surface area contributed by atoms with Crippen molar-refractivity contribution in [1.82, 2.24) is 4.57 Å². The largest absolute Gasteiger partial charge is 0.479 e. The van der Waals surface area contributed by atoms with E-state index in [0.29, 0.717) is 28.0 Å². The van der Waals surface area contributed by atoms with Crippen molar-refractivity contribution >= 4 is 56.0 Å². The Morgan fingerprint density at radius 1 is 1.19 bits per heavy atom. The van der Waals surface area contributed by atoms with Gasteiger partial charge in [0, 0.05) is 11.9 Å². The number of carbonyl (C=O) groups is 1. The van der Waals surface area contributed by atoms with Crippen molar-refractivity contribution < 1.29 is 14.3 Å². The number of hydrogen-bond donors (Lipinski definition) is 0. The first-order valence-electron chi connectivity index (χ1n) is 7.86. The average molecular weight is 457 g/mol. The zero-order valence-corrected chi connectivity index (χ0v) is 17.2. The van der Waals surface area contributed by atoms with Crippen molar-refractivity contribution in [2.75, 3.05) is 7.11 Å². The number of ether oxygens (including phenoxy) is 2. The van der Waals surface area contributed by atoms with Crippen molar-refractivity contribution in [3.8, 4) is 5.75 Å². The van der Waals surface area contributed by atoms with E-state index in [1.807, 2.05) is 35.8 Å². The summed E-state index contributed by atoms with van der Waals surface area (Å²) in [7, 11) is 1.36. The number of halogens is 3. The van der Waals surface area contributed by atoms with Crippen molar-refractivity contribution in [1.29, 1.82) is 0 Å². The molecule has 26 heavy (non-hydrogen) atoms. The zero-order chi connectivity index (χ0) is 18.8. The van der Waals surface area contributed by atoms with E-state index >= 15 is 0 Å². The van der Waals surface area contributed by atoms with E-state index in [9.17, 15) is 4.79 Å². The highest BCUT2D eigenvalue weighted by molar-refractivity contribution is 9.09. The number of nitrogens with zero attached hydrogens (tertiary/aromatic N) is 1. The smallest absolute Gasteiger partial charge is 0.354 e. The summed E-state index contributed by atoms with van der Waals surface area (Å²) in [5.74, 6) is 0.268. The minimum Gasteiger partial charge on any atom is -0.479 e. The molecule has 0 aliphatic carbocycles. The van der Waals surface area contributed by atoms with Crippen molar-refractivity contribution in [3.05, 3.63) is 63.8 Å². The quantitative estimate of drug-likeness (QED) is 0.354. The molecule has 0 bridgehead atoms. The molecule has 0 amide bonds. The summed E-state index contributed by atoms with van der Waals surface area (Å²) in [6, 6.07) is 12.9. The molecule has 0 spiro atoms. The second-order valence-corrected chi connectivity index (χ2v) is 7.81. The topological polar surface area (TPSA) is 40.5 Å². The van der Waals surface area contributed by atoms with Crippen LogP contribution in [-0.4, -0.2) is 22.7 Å². The van der Waals surface area contributed by atoms with Gasteiger partial charge in [-0.2, -0.15) is 0 Å². The molecule has 0 radical (unpaired) electrons. The molecule has 0 aliphatic heterocycles. The molecule has 7 heteroatoms. The molecular weight excluding hydrogens is 441 g/mol. The second kappa shape index (κ2) is 7.91. The normalized spacial score (nSPS) is 12.2. The van der Waals surface area contributed by atoms with Crippen LogP contribution in [0.15, 0.2) is 42.5 Å². The first kappa shape index (κ1) is 19.1. The van der Waals surface area contributed by atoms with Crippen LogP contribution in [0.1, 0.15) is 23.0 Å². The van der Waals surface area contributed by atoms with E-state index in [4.69, 9.17) is 32.7 Å². The van der Waals surface area contributed by atoms with Crippen LogP contribution >= 0.6 is 39.1 Å². The van der Waals surface area contributed by atoms with Gasteiger partial charge in [-0.25, -0.2) is 4.79 Å². The molecule has 0 fully saturated rings. The Hall–Kier alpha value is -1.69. The highest BCUT2D eigenvalue weighted by atomic mass is 79.9. The number of alkyl halides is 1. The predicted octanol–water partition coefficient (Wildman–Crippen LogP) is 5.90. The van der Waals surface area contributed by atoms with Crippen LogP contribution in [0, 0.1) is 0 Å². The van der Waals surface area contributed by atoms with E-state index in [2.05, 4.69) is 15.9 Å². The average Bonchev–Trinajstić information content (AvgIpc) is 2.97. The molecule has 0 aliphatic rings. The fourth-order valence-electron chi connectivity index (χ4n) is 2.80. The Balaban J connectivity index is 2.14. The van der Waals surface area contributed by atoms with Crippen molar-refractivity contribution in [3.63, 3.8) is 0 Å². The molecule has 0 N–H and O–H groups in total. The molecular formula is C19H16BrCl2NO3. The molecule has 3 aromatic rings. The summed E-state index contributed by atoms with van der Waals surface area (Å²) in [5.41, 5.74) is 2.22. The Morgan fingerprint density at radius 3 is 2.62 bits per heavy atom. The van der Waals surface area contributed by atoms with Gasteiger partial charge < -0.3 is 14.0 Å². The first-order chi connectivity index (χ1) is 12.4. The summed E-state index contributed by atoms with van der Waals surface area (Å²) in [4.78, 5) is 12.3. The molecule has 1 heterocycles. The van der Waals surface area contributed by atoms with Gasteiger partial charge in [-0.15, -0.1) is 0 Å². The number of hydrogen-bond acceptors (Lipinski definition) is 3. The Morgan fingerprint density at radius 2 is 1.96 bits per heavy atom. The van der Waals surface area contributed by atoms with E-state index in [0.717, 1.165) is 16.5 Å². The maximum absolute atomic E-state index is 12.3. The van der Waals surface area contributed by atoms with Gasteiger partial charge in [0.15, 0.2) is 5.01 Å². The third-order valence-electron chi connectivity index (χ3n) is 3.91. The lowest BCUT2D eigenvalue weighted by Gasteiger charge is -2.12. The molecule has 3 rings (SSSR count). The number of rotatable bonds is 5. The maximum atomic E-state index is 12.3. The number of esters is 1. The van der Waals surface area contributed by atoms with Crippen LogP contribution < -0.4 is 4.74 Å².